The quantitative estimate of drug-likeness (QED) is 0.862. The van der Waals surface area contributed by atoms with E-state index in [1.54, 1.807) is 12.6 Å². The molecule has 102 valence electrons. The van der Waals surface area contributed by atoms with Crippen LogP contribution < -0.4 is 5.32 Å². The van der Waals surface area contributed by atoms with Crippen molar-refractivity contribution in [3.8, 4) is 11.5 Å². The zero-order chi connectivity index (χ0) is 13.7. The van der Waals surface area contributed by atoms with Gasteiger partial charge in [0.15, 0.2) is 5.76 Å². The van der Waals surface area contributed by atoms with Crippen molar-refractivity contribution in [3.05, 3.63) is 28.7 Å². The Balaban J connectivity index is 2.45. The highest BCUT2D eigenvalue weighted by Crippen LogP contribution is 2.32. The molecule has 0 aliphatic heterocycles. The predicted octanol–water partition coefficient (Wildman–Crippen LogP) is 4.27. The van der Waals surface area contributed by atoms with Crippen LogP contribution in [-0.4, -0.2) is 16.5 Å². The normalized spacial score (nSPS) is 10.7. The van der Waals surface area contributed by atoms with Crippen molar-refractivity contribution in [2.45, 2.75) is 33.1 Å². The lowest BCUT2D eigenvalue weighted by Crippen LogP contribution is -2.07. The van der Waals surface area contributed by atoms with Crippen LogP contribution in [0.4, 0.5) is 5.82 Å². The fourth-order valence-electron chi connectivity index (χ4n) is 1.95. The molecule has 4 nitrogen and oxygen atoms in total. The first-order valence-electron chi connectivity index (χ1n) is 6.59. The van der Waals surface area contributed by atoms with Gasteiger partial charge in [0.25, 0.3) is 0 Å². The van der Waals surface area contributed by atoms with Crippen molar-refractivity contribution in [2.24, 2.45) is 0 Å². The van der Waals surface area contributed by atoms with E-state index in [0.29, 0.717) is 0 Å². The number of anilines is 1. The molecule has 0 radical (unpaired) electrons. The molecule has 2 aromatic heterocycles. The summed E-state index contributed by atoms with van der Waals surface area (Å²) in [7, 11) is 0. The lowest BCUT2D eigenvalue weighted by atomic mass is 10.1. The van der Waals surface area contributed by atoms with E-state index in [1.165, 1.54) is 0 Å². The predicted molar refractivity (Wildman–Crippen MR) is 80.2 cm³/mol. The van der Waals surface area contributed by atoms with E-state index in [-0.39, 0.29) is 0 Å². The fourth-order valence-corrected chi connectivity index (χ4v) is 2.34. The van der Waals surface area contributed by atoms with Gasteiger partial charge in [0.2, 0.25) is 0 Å². The van der Waals surface area contributed by atoms with Crippen LogP contribution in [0.15, 0.2) is 27.5 Å². The van der Waals surface area contributed by atoms with Crippen molar-refractivity contribution in [2.75, 3.05) is 11.9 Å². The minimum Gasteiger partial charge on any atom is -0.461 e. The van der Waals surface area contributed by atoms with Gasteiger partial charge in [-0.1, -0.05) is 20.3 Å². The highest BCUT2D eigenvalue weighted by molar-refractivity contribution is 9.10. The smallest absolute Gasteiger partial charge is 0.166 e. The maximum absolute atomic E-state index is 5.53. The summed E-state index contributed by atoms with van der Waals surface area (Å²) in [6.45, 7) is 5.20. The molecular formula is C14H18BrN3O. The molecule has 0 bridgehead atoms. The fraction of sp³-hybridized carbons (Fsp3) is 0.429. The van der Waals surface area contributed by atoms with E-state index in [9.17, 15) is 0 Å². The van der Waals surface area contributed by atoms with Gasteiger partial charge in [-0.05, 0) is 34.8 Å². The number of rotatable bonds is 6. The average Bonchev–Trinajstić information content (AvgIpc) is 2.84. The highest BCUT2D eigenvalue weighted by atomic mass is 79.9. The minimum atomic E-state index is 0.769. The summed E-state index contributed by atoms with van der Waals surface area (Å²) in [6, 6.07) is 1.88. The molecule has 0 aliphatic rings. The molecule has 0 aromatic carbocycles. The number of furan rings is 1. The zero-order valence-electron chi connectivity index (χ0n) is 11.2. The summed E-state index contributed by atoms with van der Waals surface area (Å²) in [5, 5.41) is 3.36. The van der Waals surface area contributed by atoms with Crippen LogP contribution in [0.1, 0.15) is 32.3 Å². The molecular weight excluding hydrogens is 306 g/mol. The summed E-state index contributed by atoms with van der Waals surface area (Å²) >= 11 is 3.49. The van der Waals surface area contributed by atoms with E-state index in [4.69, 9.17) is 4.42 Å². The number of aromatic nitrogens is 2. The van der Waals surface area contributed by atoms with Crippen LogP contribution in [0.5, 0.6) is 0 Å². The maximum Gasteiger partial charge on any atom is 0.166 e. The van der Waals surface area contributed by atoms with Gasteiger partial charge < -0.3 is 9.73 Å². The largest absolute Gasteiger partial charge is 0.461 e. The molecule has 0 atom stereocenters. The minimum absolute atomic E-state index is 0.769. The van der Waals surface area contributed by atoms with Gasteiger partial charge in [0.1, 0.15) is 17.8 Å². The Hall–Kier alpha value is -1.36. The second kappa shape index (κ2) is 6.70. The molecule has 0 spiro atoms. The summed E-state index contributed by atoms with van der Waals surface area (Å²) in [5.74, 6) is 1.68. The molecule has 5 heteroatoms. The van der Waals surface area contributed by atoms with Crippen LogP contribution in [0.25, 0.3) is 11.5 Å². The third kappa shape index (κ3) is 3.15. The molecule has 0 saturated heterocycles. The Morgan fingerprint density at radius 3 is 2.74 bits per heavy atom. The SMILES string of the molecule is CCCNc1ncnc(-c2occc2Br)c1CCC. The molecule has 0 unspecified atom stereocenters. The topological polar surface area (TPSA) is 51.0 Å². The van der Waals surface area contributed by atoms with Crippen LogP contribution in [0, 0.1) is 0 Å². The van der Waals surface area contributed by atoms with Gasteiger partial charge >= 0.3 is 0 Å². The summed E-state index contributed by atoms with van der Waals surface area (Å²) in [6.07, 6.45) is 6.28. The second-order valence-electron chi connectivity index (χ2n) is 4.32. The van der Waals surface area contributed by atoms with Crippen molar-refractivity contribution < 1.29 is 4.42 Å². The Morgan fingerprint density at radius 2 is 2.11 bits per heavy atom. The molecule has 0 saturated carbocycles. The zero-order valence-corrected chi connectivity index (χ0v) is 12.8. The highest BCUT2D eigenvalue weighted by Gasteiger charge is 2.16. The second-order valence-corrected chi connectivity index (χ2v) is 5.18. The lowest BCUT2D eigenvalue weighted by molar-refractivity contribution is 0.577. The van der Waals surface area contributed by atoms with Crippen molar-refractivity contribution in [3.63, 3.8) is 0 Å². The Kier molecular flexibility index (Phi) is 4.96. The first-order valence-corrected chi connectivity index (χ1v) is 7.38. The van der Waals surface area contributed by atoms with E-state index < -0.39 is 0 Å². The number of halogens is 1. The van der Waals surface area contributed by atoms with E-state index >= 15 is 0 Å². The van der Waals surface area contributed by atoms with Crippen LogP contribution >= 0.6 is 15.9 Å². The molecule has 0 amide bonds. The van der Waals surface area contributed by atoms with Gasteiger partial charge in [0, 0.05) is 12.1 Å². The standard InChI is InChI=1S/C14H18BrN3O/c1-3-5-10-12(13-11(15)6-8-19-13)17-9-18-14(10)16-7-4-2/h6,8-9H,3-5,7H2,1-2H3,(H,16,17,18). The molecule has 0 aliphatic carbocycles. The number of nitrogens with zero attached hydrogens (tertiary/aromatic N) is 2. The summed E-state index contributed by atoms with van der Waals surface area (Å²) in [4.78, 5) is 8.75. The van der Waals surface area contributed by atoms with Gasteiger partial charge in [0.05, 0.1) is 10.7 Å². The maximum atomic E-state index is 5.53. The van der Waals surface area contributed by atoms with Crippen molar-refractivity contribution in [1.82, 2.24) is 9.97 Å². The Bertz CT molecular complexity index is 539. The van der Waals surface area contributed by atoms with E-state index in [0.717, 1.165) is 53.1 Å². The third-order valence-corrected chi connectivity index (χ3v) is 3.44. The molecule has 0 fully saturated rings. The van der Waals surface area contributed by atoms with Crippen LogP contribution in [-0.2, 0) is 6.42 Å². The summed E-state index contributed by atoms with van der Waals surface area (Å²) < 4.78 is 6.45. The average molecular weight is 324 g/mol. The van der Waals surface area contributed by atoms with E-state index in [1.807, 2.05) is 6.07 Å². The number of hydrogen-bond donors (Lipinski definition) is 1. The van der Waals surface area contributed by atoms with Crippen molar-refractivity contribution >= 4 is 21.7 Å². The Labute approximate surface area is 121 Å². The molecule has 2 aromatic rings. The molecule has 2 heterocycles. The number of nitrogens with one attached hydrogen (secondary N) is 1. The van der Waals surface area contributed by atoms with Crippen LogP contribution in [0.3, 0.4) is 0 Å². The van der Waals surface area contributed by atoms with E-state index in [2.05, 4.69) is 45.1 Å². The summed E-state index contributed by atoms with van der Waals surface area (Å²) in [5.41, 5.74) is 1.99. The molecule has 2 rings (SSSR count). The molecule has 1 N–H and O–H groups in total. The van der Waals surface area contributed by atoms with Crippen LogP contribution in [0.2, 0.25) is 0 Å². The first-order chi connectivity index (χ1) is 9.27. The van der Waals surface area contributed by atoms with Crippen molar-refractivity contribution in [1.29, 1.82) is 0 Å². The molecule has 19 heavy (non-hydrogen) atoms. The van der Waals surface area contributed by atoms with Gasteiger partial charge in [-0.2, -0.15) is 0 Å². The Morgan fingerprint density at radius 1 is 1.26 bits per heavy atom. The monoisotopic (exact) mass is 323 g/mol. The first kappa shape index (κ1) is 14.1. The van der Waals surface area contributed by atoms with Gasteiger partial charge in [-0.15, -0.1) is 0 Å². The lowest BCUT2D eigenvalue weighted by Gasteiger charge is -2.12. The number of hydrogen-bond acceptors (Lipinski definition) is 4. The van der Waals surface area contributed by atoms with Gasteiger partial charge in [-0.3, -0.25) is 0 Å². The third-order valence-electron chi connectivity index (χ3n) is 2.82. The van der Waals surface area contributed by atoms with Gasteiger partial charge in [-0.25, -0.2) is 9.97 Å².